The van der Waals surface area contributed by atoms with E-state index < -0.39 is 12.5 Å². The zero-order valence-electron chi connectivity index (χ0n) is 8.92. The second kappa shape index (κ2) is 5.21. The molecule has 0 saturated heterocycles. The van der Waals surface area contributed by atoms with E-state index in [1.54, 1.807) is 0 Å². The van der Waals surface area contributed by atoms with Crippen LogP contribution in [0.1, 0.15) is 22.9 Å². The van der Waals surface area contributed by atoms with Gasteiger partial charge in [0.15, 0.2) is 5.09 Å². The largest absolute Gasteiger partial charge is 0.475 e. The quantitative estimate of drug-likeness (QED) is 0.849. The molecule has 8 heteroatoms. The van der Waals surface area contributed by atoms with E-state index in [0.717, 1.165) is 16.3 Å². The van der Waals surface area contributed by atoms with Gasteiger partial charge in [-0.05, 0) is 12.1 Å². The predicted molar refractivity (Wildman–Crippen MR) is 58.7 cm³/mol. The Labute approximate surface area is 104 Å². The van der Waals surface area contributed by atoms with Crippen LogP contribution in [0.3, 0.4) is 0 Å². The molecule has 0 atom stereocenters. The first kappa shape index (κ1) is 12.6. The first-order valence-electron chi connectivity index (χ1n) is 4.83. The van der Waals surface area contributed by atoms with Crippen molar-refractivity contribution in [3.8, 4) is 0 Å². The summed E-state index contributed by atoms with van der Waals surface area (Å²) in [5, 5.41) is 8.99. The normalized spacial score (nSPS) is 11.1. The molecule has 2 rings (SSSR count). The number of hydrogen-bond acceptors (Lipinski definition) is 4. The summed E-state index contributed by atoms with van der Waals surface area (Å²) in [6.45, 7) is -2.64. The van der Waals surface area contributed by atoms with Gasteiger partial charge in [0.1, 0.15) is 5.82 Å². The Morgan fingerprint density at radius 1 is 1.56 bits per heavy atom. The molecule has 2 aromatic rings. The van der Waals surface area contributed by atoms with Gasteiger partial charge in [-0.15, -0.1) is 0 Å². The van der Waals surface area contributed by atoms with E-state index in [-0.39, 0.29) is 17.3 Å². The van der Waals surface area contributed by atoms with Gasteiger partial charge < -0.3 is 9.52 Å². The van der Waals surface area contributed by atoms with Crippen LogP contribution in [0.2, 0.25) is 0 Å². The number of nitrogens with zero attached hydrogens (tertiary/aromatic N) is 2. The molecule has 5 nitrogen and oxygen atoms in total. The first-order valence-corrected chi connectivity index (χ1v) is 5.82. The molecule has 0 bridgehead atoms. The van der Waals surface area contributed by atoms with Crippen LogP contribution in [0, 0.1) is 0 Å². The Kier molecular flexibility index (Phi) is 3.66. The molecular weight excluding hydrogens is 266 g/mol. The molecule has 18 heavy (non-hydrogen) atoms. The van der Waals surface area contributed by atoms with Crippen molar-refractivity contribution in [3.05, 3.63) is 36.1 Å². The van der Waals surface area contributed by atoms with E-state index in [9.17, 15) is 13.6 Å². The smallest absolute Gasteiger partial charge is 0.371 e. The zero-order valence-corrected chi connectivity index (χ0v) is 9.73. The maximum absolute atomic E-state index is 12.5. The molecule has 0 aromatic carbocycles. The number of thioether (sulfide) groups is 1. The monoisotopic (exact) mass is 274 g/mol. The molecule has 0 aliphatic rings. The van der Waals surface area contributed by atoms with E-state index in [2.05, 4.69) is 4.98 Å². The summed E-state index contributed by atoms with van der Waals surface area (Å²) in [6.07, 6.45) is 2.47. The summed E-state index contributed by atoms with van der Waals surface area (Å²) in [7, 11) is 0. The number of imidazole rings is 1. The van der Waals surface area contributed by atoms with Gasteiger partial charge in [0, 0.05) is 12.4 Å². The molecule has 2 aromatic heterocycles. The number of halogens is 2. The second-order valence-electron chi connectivity index (χ2n) is 3.24. The minimum absolute atomic E-state index is 0.171. The fourth-order valence-electron chi connectivity index (χ4n) is 1.28. The van der Waals surface area contributed by atoms with Crippen molar-refractivity contribution in [2.24, 2.45) is 0 Å². The van der Waals surface area contributed by atoms with Crippen LogP contribution in [0.25, 0.3) is 0 Å². The Morgan fingerprint density at radius 2 is 2.33 bits per heavy atom. The Hall–Kier alpha value is -1.83. The third kappa shape index (κ3) is 2.70. The van der Waals surface area contributed by atoms with Gasteiger partial charge in [-0.1, -0.05) is 11.8 Å². The van der Waals surface area contributed by atoms with Crippen molar-refractivity contribution in [1.29, 1.82) is 0 Å². The molecule has 2 heterocycles. The SMILES string of the molecule is O=C(O)c1ccc(SCc2nccn2C(F)F)o1. The van der Waals surface area contributed by atoms with Crippen molar-refractivity contribution in [3.63, 3.8) is 0 Å². The highest BCUT2D eigenvalue weighted by Crippen LogP contribution is 2.25. The highest BCUT2D eigenvalue weighted by atomic mass is 32.2. The average Bonchev–Trinajstić information content (AvgIpc) is 2.95. The number of carboxylic acids is 1. The first-order chi connectivity index (χ1) is 8.58. The van der Waals surface area contributed by atoms with E-state index in [4.69, 9.17) is 9.52 Å². The molecule has 96 valence electrons. The van der Waals surface area contributed by atoms with E-state index >= 15 is 0 Å². The number of aromatic nitrogens is 2. The lowest BCUT2D eigenvalue weighted by Gasteiger charge is -2.04. The van der Waals surface area contributed by atoms with Gasteiger partial charge in [0.2, 0.25) is 5.76 Å². The molecule has 0 spiro atoms. The lowest BCUT2D eigenvalue weighted by molar-refractivity contribution is 0.0655. The van der Waals surface area contributed by atoms with Gasteiger partial charge in [-0.25, -0.2) is 9.78 Å². The molecular formula is C10H8F2N2O3S. The summed E-state index contributed by atoms with van der Waals surface area (Å²) in [5.74, 6) is -0.988. The van der Waals surface area contributed by atoms with E-state index in [1.165, 1.54) is 24.5 Å². The lowest BCUT2D eigenvalue weighted by Crippen LogP contribution is -2.01. The summed E-state index contributed by atoms with van der Waals surface area (Å²) < 4.78 is 30.7. The van der Waals surface area contributed by atoms with Crippen LogP contribution < -0.4 is 0 Å². The maximum Gasteiger partial charge on any atom is 0.371 e. The summed E-state index contributed by atoms with van der Waals surface area (Å²) in [6, 6.07) is 2.79. The van der Waals surface area contributed by atoms with Crippen LogP contribution in [-0.2, 0) is 5.75 Å². The molecule has 0 saturated carbocycles. The zero-order chi connectivity index (χ0) is 13.1. The van der Waals surface area contributed by atoms with Gasteiger partial charge in [-0.3, -0.25) is 4.57 Å². The molecule has 0 radical (unpaired) electrons. The van der Waals surface area contributed by atoms with E-state index in [0.29, 0.717) is 5.09 Å². The van der Waals surface area contributed by atoms with Crippen LogP contribution in [0.5, 0.6) is 0 Å². The van der Waals surface area contributed by atoms with Crippen LogP contribution >= 0.6 is 11.8 Å². The van der Waals surface area contributed by atoms with Crippen molar-refractivity contribution in [2.75, 3.05) is 0 Å². The molecule has 1 N–H and O–H groups in total. The van der Waals surface area contributed by atoms with Crippen LogP contribution in [0.15, 0.2) is 34.0 Å². The van der Waals surface area contributed by atoms with Gasteiger partial charge in [0.25, 0.3) is 0 Å². The molecule has 0 fully saturated rings. The highest BCUT2D eigenvalue weighted by Gasteiger charge is 2.13. The number of hydrogen-bond donors (Lipinski definition) is 1. The van der Waals surface area contributed by atoms with Gasteiger partial charge >= 0.3 is 12.5 Å². The number of carboxylic acid groups (broad SMARTS) is 1. The van der Waals surface area contributed by atoms with Crippen molar-refractivity contribution in [1.82, 2.24) is 9.55 Å². The number of furan rings is 1. The fraction of sp³-hybridized carbons (Fsp3) is 0.200. The van der Waals surface area contributed by atoms with Crippen molar-refractivity contribution in [2.45, 2.75) is 17.4 Å². The number of alkyl halides is 2. The third-order valence-electron chi connectivity index (χ3n) is 2.09. The fourth-order valence-corrected chi connectivity index (χ4v) is 2.09. The average molecular weight is 274 g/mol. The van der Waals surface area contributed by atoms with Crippen molar-refractivity contribution < 1.29 is 23.1 Å². The van der Waals surface area contributed by atoms with Crippen molar-refractivity contribution >= 4 is 17.7 Å². The lowest BCUT2D eigenvalue weighted by atomic mass is 10.5. The van der Waals surface area contributed by atoms with Crippen LogP contribution in [0.4, 0.5) is 8.78 Å². The summed E-state index contributed by atoms with van der Waals surface area (Å²) >= 11 is 1.10. The maximum atomic E-state index is 12.5. The Morgan fingerprint density at radius 3 is 2.94 bits per heavy atom. The van der Waals surface area contributed by atoms with E-state index in [1.807, 2.05) is 0 Å². The minimum atomic E-state index is -2.64. The van der Waals surface area contributed by atoms with Gasteiger partial charge in [-0.2, -0.15) is 8.78 Å². The number of aromatic carboxylic acids is 1. The Balaban J connectivity index is 2.02. The van der Waals surface area contributed by atoms with Gasteiger partial charge in [0.05, 0.1) is 5.75 Å². The summed E-state index contributed by atoms with van der Waals surface area (Å²) in [5.41, 5.74) is 0. The third-order valence-corrected chi connectivity index (χ3v) is 3.00. The Bertz CT molecular complexity index is 553. The second-order valence-corrected chi connectivity index (χ2v) is 4.22. The summed E-state index contributed by atoms with van der Waals surface area (Å²) in [4.78, 5) is 14.4. The van der Waals surface area contributed by atoms with Crippen LogP contribution in [-0.4, -0.2) is 20.6 Å². The topological polar surface area (TPSA) is 68.3 Å². The minimum Gasteiger partial charge on any atom is -0.475 e. The number of carbonyl (C=O) groups is 1. The number of rotatable bonds is 5. The molecule has 0 amide bonds. The molecule has 0 unspecified atom stereocenters. The highest BCUT2D eigenvalue weighted by molar-refractivity contribution is 7.98. The molecule has 0 aliphatic carbocycles. The standard InChI is InChI=1S/C10H8F2N2O3S/c11-10(12)14-4-3-13-7(14)5-18-8-2-1-6(17-8)9(15)16/h1-4,10H,5H2,(H,15,16). The predicted octanol–water partition coefficient (Wildman–Crippen LogP) is 2.86. The molecule has 0 aliphatic heterocycles.